The first kappa shape index (κ1) is 7.02. The van der Waals surface area contributed by atoms with Crippen LogP contribution in [0, 0.1) is 0 Å². The smallest absolute Gasteiger partial charge is 0.331 e. The van der Waals surface area contributed by atoms with E-state index in [9.17, 15) is 4.79 Å². The van der Waals surface area contributed by atoms with Crippen LogP contribution in [0.5, 0.6) is 0 Å². The molecule has 0 aliphatic carbocycles. The minimum absolute atomic E-state index is 0.265. The second-order valence-corrected chi connectivity index (χ2v) is 2.64. The first-order valence-electron chi connectivity index (χ1n) is 3.54. The summed E-state index contributed by atoms with van der Waals surface area (Å²) in [6.45, 7) is 0. The molecule has 0 unspecified atom stereocenters. The second kappa shape index (κ2) is 2.17. The van der Waals surface area contributed by atoms with Crippen LogP contribution in [-0.2, 0) is 14.1 Å². The number of aromatic nitrogens is 4. The molecule has 2 aliphatic heterocycles. The summed E-state index contributed by atoms with van der Waals surface area (Å²) in [7, 11) is 3.49. The summed E-state index contributed by atoms with van der Waals surface area (Å²) in [5.74, 6) is 1.23. The van der Waals surface area contributed by atoms with Gasteiger partial charge in [-0.1, -0.05) is 0 Å². The van der Waals surface area contributed by atoms with Gasteiger partial charge in [0.1, 0.15) is 0 Å². The zero-order valence-corrected chi connectivity index (χ0v) is 6.85. The van der Waals surface area contributed by atoms with E-state index in [4.69, 9.17) is 0 Å². The molecule has 0 aromatic heterocycles. The highest BCUT2D eigenvalue weighted by molar-refractivity contribution is 5.44. The number of fused-ring (bicyclic) bond motifs is 1. The minimum atomic E-state index is -0.265. The number of hydrogen-bond acceptors (Lipinski definition) is 3. The Hall–Kier alpha value is -1.65. The summed E-state index contributed by atoms with van der Waals surface area (Å²) < 4.78 is 3.19. The van der Waals surface area contributed by atoms with Crippen molar-refractivity contribution >= 4 is 0 Å². The van der Waals surface area contributed by atoms with Gasteiger partial charge in [0.05, 0.1) is 0 Å². The minimum Gasteiger partial charge on any atom is -0.331 e. The van der Waals surface area contributed by atoms with Gasteiger partial charge >= 0.3 is 5.69 Å². The van der Waals surface area contributed by atoms with E-state index in [1.165, 1.54) is 4.57 Å². The molecule has 12 heavy (non-hydrogen) atoms. The van der Waals surface area contributed by atoms with E-state index in [1.807, 2.05) is 7.05 Å². The van der Waals surface area contributed by atoms with Crippen LogP contribution in [0.3, 0.4) is 0 Å². The molecule has 0 radical (unpaired) electrons. The van der Waals surface area contributed by atoms with Gasteiger partial charge in [-0.05, 0) is 0 Å². The van der Waals surface area contributed by atoms with E-state index in [0.29, 0.717) is 11.6 Å². The Bertz CT molecular complexity index is 441. The van der Waals surface area contributed by atoms with Gasteiger partial charge < -0.3 is 4.57 Å². The molecule has 0 aromatic carbocycles. The topological polar surface area (TPSA) is 52.7 Å². The normalized spacial score (nSPS) is 10.8. The fraction of sp³-hybridized carbons (Fsp3) is 0.286. The monoisotopic (exact) mass is 164 g/mol. The zero-order chi connectivity index (χ0) is 8.72. The first-order valence-corrected chi connectivity index (χ1v) is 3.54. The summed E-state index contributed by atoms with van der Waals surface area (Å²) in [6, 6.07) is 0. The summed E-state index contributed by atoms with van der Waals surface area (Å²) in [5.41, 5.74) is -0.265. The molecule has 5 nitrogen and oxygen atoms in total. The van der Waals surface area contributed by atoms with Gasteiger partial charge in [0.15, 0.2) is 11.6 Å². The number of rotatable bonds is 0. The van der Waals surface area contributed by atoms with Gasteiger partial charge in [-0.2, -0.15) is 4.98 Å². The molecule has 0 fully saturated rings. The largest absolute Gasteiger partial charge is 0.351 e. The van der Waals surface area contributed by atoms with Gasteiger partial charge in [-0.25, -0.2) is 9.78 Å². The number of imidazole rings is 1. The maximum atomic E-state index is 11.1. The van der Waals surface area contributed by atoms with Crippen molar-refractivity contribution in [1.82, 2.24) is 19.1 Å². The summed E-state index contributed by atoms with van der Waals surface area (Å²) in [4.78, 5) is 19.0. The van der Waals surface area contributed by atoms with Crippen LogP contribution in [0.4, 0.5) is 0 Å². The molecular weight excluding hydrogens is 156 g/mol. The Labute approximate surface area is 68.6 Å². The molecule has 0 aromatic rings. The standard InChI is InChI=1S/C7H8N4O/c1-10-4-3-8-5-6(10)9-7(12)11(5)2/h3-4H,1-2H3. The zero-order valence-electron chi connectivity index (χ0n) is 6.85. The van der Waals surface area contributed by atoms with Crippen molar-refractivity contribution in [2.45, 2.75) is 0 Å². The molecule has 0 spiro atoms. The molecule has 0 atom stereocenters. The molecular formula is C7H8N4O. The average molecular weight is 164 g/mol. The molecule has 5 heteroatoms. The van der Waals surface area contributed by atoms with Crippen molar-refractivity contribution < 1.29 is 0 Å². The lowest BCUT2D eigenvalue weighted by molar-refractivity contribution is 0.833. The molecule has 2 aliphatic rings. The molecule has 0 saturated carbocycles. The lowest BCUT2D eigenvalue weighted by atomic mass is 10.5. The van der Waals surface area contributed by atoms with Crippen molar-refractivity contribution in [3.05, 3.63) is 22.9 Å². The summed E-state index contributed by atoms with van der Waals surface area (Å²) >= 11 is 0. The number of aryl methyl sites for hydroxylation is 1. The Kier molecular flexibility index (Phi) is 1.27. The van der Waals surface area contributed by atoms with Crippen molar-refractivity contribution in [3.63, 3.8) is 0 Å². The van der Waals surface area contributed by atoms with E-state index in [1.54, 1.807) is 24.0 Å². The third kappa shape index (κ3) is 0.761. The van der Waals surface area contributed by atoms with Crippen LogP contribution in [0.2, 0.25) is 0 Å². The first-order chi connectivity index (χ1) is 5.70. The molecule has 0 saturated heterocycles. The summed E-state index contributed by atoms with van der Waals surface area (Å²) in [6.07, 6.45) is 3.40. The van der Waals surface area contributed by atoms with E-state index in [-0.39, 0.29) is 5.69 Å². The van der Waals surface area contributed by atoms with Gasteiger partial charge in [0.25, 0.3) is 0 Å². The molecule has 2 heterocycles. The van der Waals surface area contributed by atoms with Crippen LogP contribution < -0.4 is 5.69 Å². The molecule has 0 bridgehead atoms. The van der Waals surface area contributed by atoms with Crippen molar-refractivity contribution in [2.75, 3.05) is 0 Å². The van der Waals surface area contributed by atoms with Gasteiger partial charge in [0, 0.05) is 26.5 Å². The van der Waals surface area contributed by atoms with Crippen molar-refractivity contribution in [3.8, 4) is 11.6 Å². The lowest BCUT2D eigenvalue weighted by Crippen LogP contribution is -2.12. The van der Waals surface area contributed by atoms with Gasteiger partial charge in [-0.15, -0.1) is 0 Å². The predicted molar refractivity (Wildman–Crippen MR) is 42.9 cm³/mol. The van der Waals surface area contributed by atoms with E-state index in [0.717, 1.165) is 0 Å². The fourth-order valence-corrected chi connectivity index (χ4v) is 1.11. The van der Waals surface area contributed by atoms with Crippen molar-refractivity contribution in [1.29, 1.82) is 0 Å². The molecule has 2 rings (SSSR count). The number of nitrogens with zero attached hydrogens (tertiary/aromatic N) is 4. The van der Waals surface area contributed by atoms with E-state index in [2.05, 4.69) is 9.97 Å². The van der Waals surface area contributed by atoms with Crippen molar-refractivity contribution in [2.24, 2.45) is 14.1 Å². The fourth-order valence-electron chi connectivity index (χ4n) is 1.11. The number of hydrogen-bond donors (Lipinski definition) is 0. The van der Waals surface area contributed by atoms with Crippen LogP contribution in [0.25, 0.3) is 11.6 Å². The predicted octanol–water partition coefficient (Wildman–Crippen LogP) is -0.381. The molecule has 0 N–H and O–H groups in total. The molecule has 62 valence electrons. The highest BCUT2D eigenvalue weighted by atomic mass is 16.1. The van der Waals surface area contributed by atoms with E-state index < -0.39 is 0 Å². The Morgan fingerprint density at radius 2 is 2.08 bits per heavy atom. The Balaban J connectivity index is 2.92. The van der Waals surface area contributed by atoms with Gasteiger partial charge in [-0.3, -0.25) is 4.57 Å². The lowest BCUT2D eigenvalue weighted by Gasteiger charge is -2.02. The highest BCUT2D eigenvalue weighted by Gasteiger charge is 2.13. The van der Waals surface area contributed by atoms with Crippen LogP contribution in [0.15, 0.2) is 17.2 Å². The van der Waals surface area contributed by atoms with E-state index >= 15 is 0 Å². The Morgan fingerprint density at radius 3 is 2.75 bits per heavy atom. The molecule has 0 amide bonds. The Morgan fingerprint density at radius 1 is 1.33 bits per heavy atom. The highest BCUT2D eigenvalue weighted by Crippen LogP contribution is 2.10. The van der Waals surface area contributed by atoms with Gasteiger partial charge in [0.2, 0.25) is 0 Å². The van der Waals surface area contributed by atoms with Crippen LogP contribution in [-0.4, -0.2) is 19.1 Å². The third-order valence-corrected chi connectivity index (χ3v) is 1.83. The van der Waals surface area contributed by atoms with Crippen LogP contribution >= 0.6 is 0 Å². The van der Waals surface area contributed by atoms with Crippen LogP contribution in [0.1, 0.15) is 0 Å². The average Bonchev–Trinajstić information content (AvgIpc) is 2.32. The quantitative estimate of drug-likeness (QED) is 0.533. The maximum Gasteiger partial charge on any atom is 0.351 e. The second-order valence-electron chi connectivity index (χ2n) is 2.64. The SMILES string of the molecule is Cn1ccnc2n(C)c(=O)nc1-2. The maximum absolute atomic E-state index is 11.1. The third-order valence-electron chi connectivity index (χ3n) is 1.83. The summed E-state index contributed by atoms with van der Waals surface area (Å²) in [5, 5.41) is 0.